The van der Waals surface area contributed by atoms with Crippen LogP contribution in [0.5, 0.6) is 0 Å². The minimum Gasteiger partial charge on any atom is -0.478 e. The highest BCUT2D eigenvalue weighted by atomic mass is 35.5. The van der Waals surface area contributed by atoms with E-state index in [4.69, 9.17) is 21.1 Å². The van der Waals surface area contributed by atoms with E-state index in [0.717, 1.165) is 11.6 Å². The summed E-state index contributed by atoms with van der Waals surface area (Å²) in [6.07, 6.45) is 2.15. The van der Waals surface area contributed by atoms with Crippen molar-refractivity contribution in [3.05, 3.63) is 40.8 Å². The number of aromatic nitrogens is 2. The zero-order chi connectivity index (χ0) is 13.1. The van der Waals surface area contributed by atoms with E-state index in [0.29, 0.717) is 10.6 Å². The lowest BCUT2D eigenvalue weighted by Crippen LogP contribution is -1.85. The van der Waals surface area contributed by atoms with Crippen molar-refractivity contribution < 1.29 is 14.3 Å². The van der Waals surface area contributed by atoms with Gasteiger partial charge in [0.05, 0.1) is 10.6 Å². The number of rotatable bonds is 3. The molecule has 0 aliphatic heterocycles. The van der Waals surface area contributed by atoms with Crippen LogP contribution in [0.25, 0.3) is 17.5 Å². The third-order valence-corrected chi connectivity index (χ3v) is 2.73. The molecule has 0 fully saturated rings. The molecular formula is C12H9ClN2O3. The lowest BCUT2D eigenvalue weighted by Gasteiger charge is -2.01. The molecule has 0 amide bonds. The summed E-state index contributed by atoms with van der Waals surface area (Å²) in [6.45, 7) is 1.87. The van der Waals surface area contributed by atoms with Crippen LogP contribution in [-0.2, 0) is 4.79 Å². The van der Waals surface area contributed by atoms with Gasteiger partial charge in [-0.3, -0.25) is 0 Å². The van der Waals surface area contributed by atoms with E-state index in [9.17, 15) is 4.79 Å². The van der Waals surface area contributed by atoms with Crippen molar-refractivity contribution in [3.8, 4) is 11.5 Å². The Morgan fingerprint density at radius 2 is 2.22 bits per heavy atom. The van der Waals surface area contributed by atoms with Crippen LogP contribution in [-0.4, -0.2) is 21.3 Å². The topological polar surface area (TPSA) is 76.2 Å². The number of aliphatic carboxylic acids is 1. The van der Waals surface area contributed by atoms with E-state index >= 15 is 0 Å². The van der Waals surface area contributed by atoms with Crippen molar-refractivity contribution in [2.45, 2.75) is 6.92 Å². The standard InChI is InChI=1S/C12H9ClN2O3/c1-7-3-2-4-8(11(7)13)12-15-14-9(18-12)5-6-10(16)17/h2-6H,1H3,(H,16,17)/b6-5+. The predicted octanol–water partition coefficient (Wildman–Crippen LogP) is 2.80. The number of hydrogen-bond donors (Lipinski definition) is 1. The molecule has 2 rings (SSSR count). The number of halogens is 1. The fourth-order valence-corrected chi connectivity index (χ4v) is 1.57. The van der Waals surface area contributed by atoms with Crippen molar-refractivity contribution >= 4 is 23.6 Å². The Morgan fingerprint density at radius 3 is 2.94 bits per heavy atom. The Labute approximate surface area is 108 Å². The molecule has 0 saturated heterocycles. The molecule has 92 valence electrons. The van der Waals surface area contributed by atoms with Crippen molar-refractivity contribution in [2.24, 2.45) is 0 Å². The molecule has 1 aromatic carbocycles. The largest absolute Gasteiger partial charge is 0.478 e. The summed E-state index contributed by atoms with van der Waals surface area (Å²) >= 11 is 6.12. The van der Waals surface area contributed by atoms with Gasteiger partial charge in [-0.1, -0.05) is 23.7 Å². The minimum absolute atomic E-state index is 0.116. The van der Waals surface area contributed by atoms with Gasteiger partial charge in [0.25, 0.3) is 0 Å². The van der Waals surface area contributed by atoms with Gasteiger partial charge in [0.15, 0.2) is 0 Å². The van der Waals surface area contributed by atoms with E-state index in [-0.39, 0.29) is 11.8 Å². The van der Waals surface area contributed by atoms with Crippen molar-refractivity contribution in [1.82, 2.24) is 10.2 Å². The first-order valence-electron chi connectivity index (χ1n) is 5.08. The van der Waals surface area contributed by atoms with Crippen LogP contribution in [0.3, 0.4) is 0 Å². The second kappa shape index (κ2) is 5.01. The number of carboxylic acid groups (broad SMARTS) is 1. The van der Waals surface area contributed by atoms with Crippen LogP contribution in [0.1, 0.15) is 11.5 Å². The monoisotopic (exact) mass is 264 g/mol. The molecule has 0 aliphatic carbocycles. The lowest BCUT2D eigenvalue weighted by molar-refractivity contribution is -0.131. The van der Waals surface area contributed by atoms with Gasteiger partial charge in [0.1, 0.15) is 0 Å². The first kappa shape index (κ1) is 12.3. The smallest absolute Gasteiger partial charge is 0.328 e. The molecule has 5 nitrogen and oxygen atoms in total. The molecule has 1 N–H and O–H groups in total. The summed E-state index contributed by atoms with van der Waals surface area (Å²) in [5.74, 6) is -0.706. The van der Waals surface area contributed by atoms with Crippen molar-refractivity contribution in [2.75, 3.05) is 0 Å². The first-order chi connectivity index (χ1) is 8.58. The average Bonchev–Trinajstić information content (AvgIpc) is 2.78. The molecule has 0 spiro atoms. The molecular weight excluding hydrogens is 256 g/mol. The van der Waals surface area contributed by atoms with Crippen LogP contribution < -0.4 is 0 Å². The predicted molar refractivity (Wildman–Crippen MR) is 66.2 cm³/mol. The van der Waals surface area contributed by atoms with Crippen LogP contribution in [0.4, 0.5) is 0 Å². The summed E-state index contributed by atoms with van der Waals surface area (Å²) in [6, 6.07) is 5.45. The number of hydrogen-bond acceptors (Lipinski definition) is 4. The highest BCUT2D eigenvalue weighted by molar-refractivity contribution is 6.33. The molecule has 18 heavy (non-hydrogen) atoms. The first-order valence-corrected chi connectivity index (χ1v) is 5.45. The molecule has 0 radical (unpaired) electrons. The van der Waals surface area contributed by atoms with E-state index in [1.807, 2.05) is 19.1 Å². The van der Waals surface area contributed by atoms with Gasteiger partial charge < -0.3 is 9.52 Å². The molecule has 2 aromatic rings. The molecule has 6 heteroatoms. The zero-order valence-corrected chi connectivity index (χ0v) is 10.2. The Kier molecular flexibility index (Phi) is 3.43. The molecule has 0 atom stereocenters. The fraction of sp³-hybridized carbons (Fsp3) is 0.0833. The van der Waals surface area contributed by atoms with Crippen molar-refractivity contribution in [3.63, 3.8) is 0 Å². The Balaban J connectivity index is 2.35. The van der Waals surface area contributed by atoms with Crippen LogP contribution in [0.15, 0.2) is 28.7 Å². The number of carboxylic acids is 1. The Morgan fingerprint density at radius 1 is 1.44 bits per heavy atom. The second-order valence-electron chi connectivity index (χ2n) is 3.55. The van der Waals surface area contributed by atoms with Gasteiger partial charge >= 0.3 is 5.97 Å². The summed E-state index contributed by atoms with van der Waals surface area (Å²) < 4.78 is 5.30. The third kappa shape index (κ3) is 2.57. The van der Waals surface area contributed by atoms with Gasteiger partial charge in [0.2, 0.25) is 11.8 Å². The SMILES string of the molecule is Cc1cccc(-c2nnc(/C=C/C(=O)O)o2)c1Cl. The summed E-state index contributed by atoms with van der Waals surface area (Å²) in [5.41, 5.74) is 1.52. The molecule has 0 aliphatic rings. The van der Waals surface area contributed by atoms with Gasteiger partial charge in [-0.25, -0.2) is 4.79 Å². The zero-order valence-electron chi connectivity index (χ0n) is 9.42. The number of benzene rings is 1. The van der Waals surface area contributed by atoms with E-state index in [2.05, 4.69) is 10.2 Å². The van der Waals surface area contributed by atoms with E-state index in [1.165, 1.54) is 6.08 Å². The number of nitrogens with zero attached hydrogens (tertiary/aromatic N) is 2. The molecule has 0 unspecified atom stereocenters. The minimum atomic E-state index is -1.08. The molecule has 0 bridgehead atoms. The van der Waals surface area contributed by atoms with Crippen LogP contribution >= 0.6 is 11.6 Å². The quantitative estimate of drug-likeness (QED) is 0.863. The van der Waals surface area contributed by atoms with Gasteiger partial charge in [-0.15, -0.1) is 10.2 Å². The van der Waals surface area contributed by atoms with Gasteiger partial charge in [-0.05, 0) is 18.6 Å². The number of aryl methyl sites for hydroxylation is 1. The van der Waals surface area contributed by atoms with Gasteiger partial charge in [-0.2, -0.15) is 0 Å². The van der Waals surface area contributed by atoms with Gasteiger partial charge in [0, 0.05) is 12.2 Å². The van der Waals surface area contributed by atoms with Crippen molar-refractivity contribution in [1.29, 1.82) is 0 Å². The Hall–Kier alpha value is -2.14. The fourth-order valence-electron chi connectivity index (χ4n) is 1.37. The maximum Gasteiger partial charge on any atom is 0.328 e. The summed E-state index contributed by atoms with van der Waals surface area (Å²) in [5, 5.41) is 16.5. The number of carbonyl (C=O) groups is 1. The summed E-state index contributed by atoms with van der Waals surface area (Å²) in [7, 11) is 0. The highest BCUT2D eigenvalue weighted by Crippen LogP contribution is 2.29. The molecule has 0 saturated carbocycles. The van der Waals surface area contributed by atoms with E-state index in [1.54, 1.807) is 6.07 Å². The normalized spacial score (nSPS) is 11.0. The Bertz CT molecular complexity index is 620. The maximum atomic E-state index is 10.4. The highest BCUT2D eigenvalue weighted by Gasteiger charge is 2.11. The van der Waals surface area contributed by atoms with Crippen LogP contribution in [0.2, 0.25) is 5.02 Å². The molecule has 1 heterocycles. The third-order valence-electron chi connectivity index (χ3n) is 2.23. The lowest BCUT2D eigenvalue weighted by atomic mass is 10.1. The second-order valence-corrected chi connectivity index (χ2v) is 3.93. The average molecular weight is 265 g/mol. The summed E-state index contributed by atoms with van der Waals surface area (Å²) in [4.78, 5) is 10.4. The van der Waals surface area contributed by atoms with E-state index < -0.39 is 5.97 Å². The van der Waals surface area contributed by atoms with Crippen LogP contribution in [0, 0.1) is 6.92 Å². The molecule has 1 aromatic heterocycles. The maximum absolute atomic E-state index is 10.4.